The van der Waals surface area contributed by atoms with Crippen molar-refractivity contribution in [1.29, 1.82) is 0 Å². The smallest absolute Gasteiger partial charge is 0.413 e. The van der Waals surface area contributed by atoms with E-state index in [2.05, 4.69) is 34.6 Å². The van der Waals surface area contributed by atoms with Crippen LogP contribution in [0.1, 0.15) is 35.6 Å². The maximum Gasteiger partial charge on any atom is 0.413 e. The number of carbonyl (C=O) groups excluding carboxylic acids is 2. The van der Waals surface area contributed by atoms with Crippen LogP contribution in [-0.2, 0) is 20.7 Å². The minimum absolute atomic E-state index is 0.0307. The Morgan fingerprint density at radius 2 is 1.77 bits per heavy atom. The number of rotatable bonds is 6. The molecule has 9 heteroatoms. The first kappa shape index (κ1) is 23.0. The molecular formula is C26H25N3O5S. The predicted octanol–water partition coefficient (Wildman–Crippen LogP) is 4.37. The molecule has 0 bridgehead atoms. The van der Waals surface area contributed by atoms with Crippen molar-refractivity contribution < 1.29 is 24.2 Å². The van der Waals surface area contributed by atoms with E-state index in [9.17, 15) is 19.5 Å². The Morgan fingerprint density at radius 3 is 2.46 bits per heavy atom. The van der Waals surface area contributed by atoms with Crippen molar-refractivity contribution in [1.82, 2.24) is 9.88 Å². The molecule has 1 fully saturated rings. The van der Waals surface area contributed by atoms with Gasteiger partial charge in [-0.05, 0) is 35.1 Å². The summed E-state index contributed by atoms with van der Waals surface area (Å²) in [7, 11) is 0. The molecule has 2 N–H and O–H groups in total. The molecule has 1 saturated heterocycles. The van der Waals surface area contributed by atoms with E-state index in [1.165, 1.54) is 11.3 Å². The summed E-state index contributed by atoms with van der Waals surface area (Å²) in [5, 5.41) is 13.9. The number of likely N-dealkylation sites (tertiary alicyclic amines) is 1. The number of piperidine rings is 1. The maximum absolute atomic E-state index is 12.6. The normalized spacial score (nSPS) is 16.9. The number of hydrogen-bond donors (Lipinski definition) is 2. The Kier molecular flexibility index (Phi) is 6.50. The summed E-state index contributed by atoms with van der Waals surface area (Å²) in [6.45, 7) is 0.983. The summed E-state index contributed by atoms with van der Waals surface area (Å²) < 4.78 is 5.55. The predicted molar refractivity (Wildman–Crippen MR) is 131 cm³/mol. The van der Waals surface area contributed by atoms with Gasteiger partial charge in [-0.3, -0.25) is 14.9 Å². The Labute approximate surface area is 206 Å². The van der Waals surface area contributed by atoms with Crippen LogP contribution >= 0.6 is 11.3 Å². The highest BCUT2D eigenvalue weighted by Gasteiger charge is 2.30. The van der Waals surface area contributed by atoms with Crippen molar-refractivity contribution in [3.8, 4) is 11.1 Å². The number of nitrogens with one attached hydrogen (secondary N) is 1. The summed E-state index contributed by atoms with van der Waals surface area (Å²) in [5.41, 5.74) is 5.13. The summed E-state index contributed by atoms with van der Waals surface area (Å²) in [4.78, 5) is 42.2. The van der Waals surface area contributed by atoms with Gasteiger partial charge >= 0.3 is 12.1 Å². The van der Waals surface area contributed by atoms with Gasteiger partial charge in [-0.2, -0.15) is 0 Å². The quantitative estimate of drug-likeness (QED) is 0.530. The number of carbonyl (C=O) groups is 3. The van der Waals surface area contributed by atoms with Crippen LogP contribution < -0.4 is 5.32 Å². The van der Waals surface area contributed by atoms with Gasteiger partial charge in [-0.1, -0.05) is 48.5 Å². The molecule has 3 aromatic rings. The average Bonchev–Trinajstić information content (AvgIpc) is 3.44. The van der Waals surface area contributed by atoms with Gasteiger partial charge in [0.2, 0.25) is 5.91 Å². The summed E-state index contributed by atoms with van der Waals surface area (Å²) >= 11 is 1.22. The van der Waals surface area contributed by atoms with Gasteiger partial charge in [0.15, 0.2) is 5.13 Å². The van der Waals surface area contributed by atoms with Gasteiger partial charge in [-0.15, -0.1) is 11.3 Å². The van der Waals surface area contributed by atoms with E-state index < -0.39 is 18.0 Å². The van der Waals surface area contributed by atoms with Crippen LogP contribution in [0.3, 0.4) is 0 Å². The Morgan fingerprint density at radius 1 is 1.09 bits per heavy atom. The SMILES string of the molecule is O=C(Nc1nc(CC(=O)N2CCC[C@@H](C(=O)O)C2)cs1)OCC1c2ccccc2-c2ccccc21. The lowest BCUT2D eigenvalue weighted by Gasteiger charge is -2.30. The zero-order valence-electron chi connectivity index (χ0n) is 19.0. The topological polar surface area (TPSA) is 109 Å². The largest absolute Gasteiger partial charge is 0.481 e. The molecule has 1 atom stereocenters. The van der Waals surface area contributed by atoms with Crippen LogP contribution in [0.25, 0.3) is 11.1 Å². The molecule has 2 heterocycles. The number of aromatic nitrogens is 1. The van der Waals surface area contributed by atoms with Crippen molar-refractivity contribution in [3.05, 3.63) is 70.7 Å². The summed E-state index contributed by atoms with van der Waals surface area (Å²) in [6.07, 6.45) is 0.729. The van der Waals surface area contributed by atoms with E-state index in [4.69, 9.17) is 4.74 Å². The third-order valence-electron chi connectivity index (χ3n) is 6.56. The second kappa shape index (κ2) is 9.87. The van der Waals surface area contributed by atoms with Crippen molar-refractivity contribution >= 4 is 34.4 Å². The molecule has 2 amide bonds. The molecule has 0 radical (unpaired) electrons. The minimum Gasteiger partial charge on any atom is -0.481 e. The second-order valence-electron chi connectivity index (χ2n) is 8.79. The molecule has 2 aliphatic rings. The van der Waals surface area contributed by atoms with E-state index in [0.29, 0.717) is 30.2 Å². The number of carboxylic acids is 1. The van der Waals surface area contributed by atoms with E-state index in [1.807, 2.05) is 24.3 Å². The molecule has 35 heavy (non-hydrogen) atoms. The van der Waals surface area contributed by atoms with Crippen LogP contribution in [-0.4, -0.2) is 52.7 Å². The lowest BCUT2D eigenvalue weighted by molar-refractivity contribution is -0.145. The lowest BCUT2D eigenvalue weighted by Crippen LogP contribution is -2.43. The van der Waals surface area contributed by atoms with Gasteiger partial charge in [0.1, 0.15) is 6.61 Å². The number of thiazole rings is 1. The number of hydrogen-bond acceptors (Lipinski definition) is 6. The number of aliphatic carboxylic acids is 1. The van der Waals surface area contributed by atoms with E-state index in [-0.39, 0.29) is 31.4 Å². The highest BCUT2D eigenvalue weighted by atomic mass is 32.1. The third-order valence-corrected chi connectivity index (χ3v) is 7.37. The first-order valence-corrected chi connectivity index (χ1v) is 12.4. The number of ether oxygens (including phenoxy) is 1. The van der Waals surface area contributed by atoms with Crippen molar-refractivity contribution in [2.75, 3.05) is 25.0 Å². The fraction of sp³-hybridized carbons (Fsp3) is 0.308. The van der Waals surface area contributed by atoms with Gasteiger partial charge in [0.05, 0.1) is 18.0 Å². The van der Waals surface area contributed by atoms with E-state index in [0.717, 1.165) is 22.3 Å². The third kappa shape index (κ3) is 4.90. The van der Waals surface area contributed by atoms with Gasteiger partial charge in [0.25, 0.3) is 0 Å². The summed E-state index contributed by atoms with van der Waals surface area (Å²) in [5.74, 6) is -1.58. The first-order valence-electron chi connectivity index (χ1n) is 11.6. The number of benzene rings is 2. The molecule has 1 aromatic heterocycles. The van der Waals surface area contributed by atoms with Gasteiger partial charge < -0.3 is 14.7 Å². The molecular weight excluding hydrogens is 466 g/mol. The Bertz CT molecular complexity index is 1230. The molecule has 2 aromatic carbocycles. The van der Waals surface area contributed by atoms with E-state index in [1.54, 1.807) is 10.3 Å². The number of carboxylic acid groups (broad SMARTS) is 1. The Hall–Kier alpha value is -3.72. The van der Waals surface area contributed by atoms with Crippen molar-refractivity contribution in [2.45, 2.75) is 25.2 Å². The number of anilines is 1. The highest BCUT2D eigenvalue weighted by Crippen LogP contribution is 2.44. The molecule has 1 aliphatic carbocycles. The van der Waals surface area contributed by atoms with Crippen LogP contribution in [0.5, 0.6) is 0 Å². The van der Waals surface area contributed by atoms with Crippen molar-refractivity contribution in [2.24, 2.45) is 5.92 Å². The molecule has 5 rings (SSSR count). The van der Waals surface area contributed by atoms with Crippen LogP contribution in [0, 0.1) is 5.92 Å². The first-order chi connectivity index (χ1) is 17.0. The maximum atomic E-state index is 12.6. The standard InChI is InChI=1S/C26H25N3O5S/c30-23(29-11-5-6-16(13-29)24(31)32)12-17-15-35-25(27-17)28-26(33)34-14-22-20-9-3-1-7-18(20)19-8-2-4-10-21(19)22/h1-4,7-10,15-16,22H,5-6,11-14H2,(H,31,32)(H,27,28,33)/t16-/m1/s1. The zero-order chi connectivity index (χ0) is 24.4. The van der Waals surface area contributed by atoms with Crippen LogP contribution in [0.15, 0.2) is 53.9 Å². The fourth-order valence-corrected chi connectivity index (χ4v) is 5.54. The second-order valence-corrected chi connectivity index (χ2v) is 9.65. The van der Waals surface area contributed by atoms with Crippen LogP contribution in [0.4, 0.5) is 9.93 Å². The molecule has 180 valence electrons. The highest BCUT2D eigenvalue weighted by molar-refractivity contribution is 7.13. The molecule has 0 saturated carbocycles. The van der Waals surface area contributed by atoms with Crippen molar-refractivity contribution in [3.63, 3.8) is 0 Å². The lowest BCUT2D eigenvalue weighted by atomic mass is 9.98. The van der Waals surface area contributed by atoms with Gasteiger partial charge in [0, 0.05) is 24.4 Å². The van der Waals surface area contributed by atoms with Gasteiger partial charge in [-0.25, -0.2) is 9.78 Å². The van der Waals surface area contributed by atoms with E-state index >= 15 is 0 Å². The number of nitrogens with zero attached hydrogens (tertiary/aromatic N) is 2. The Balaban J connectivity index is 1.16. The molecule has 8 nitrogen and oxygen atoms in total. The van der Waals surface area contributed by atoms with Crippen LogP contribution in [0.2, 0.25) is 0 Å². The minimum atomic E-state index is -0.870. The fourth-order valence-electron chi connectivity index (χ4n) is 4.84. The molecule has 0 unspecified atom stereocenters. The number of amides is 2. The number of fused-ring (bicyclic) bond motifs is 3. The zero-order valence-corrected chi connectivity index (χ0v) is 19.8. The molecule has 0 spiro atoms. The summed E-state index contributed by atoms with van der Waals surface area (Å²) in [6, 6.07) is 16.3. The average molecular weight is 492 g/mol. The monoisotopic (exact) mass is 491 g/mol. The molecule has 1 aliphatic heterocycles.